The van der Waals surface area contributed by atoms with Crippen LogP contribution in [0.1, 0.15) is 46.8 Å². The molecule has 0 radical (unpaired) electrons. The van der Waals surface area contributed by atoms with Crippen molar-refractivity contribution >= 4 is 49.3 Å². The van der Waals surface area contributed by atoms with Crippen molar-refractivity contribution in [2.45, 2.75) is 26.3 Å². The molecule has 4 aromatic rings. The summed E-state index contributed by atoms with van der Waals surface area (Å²) >= 11 is 4.78. The van der Waals surface area contributed by atoms with E-state index in [-0.39, 0.29) is 17.1 Å². The minimum atomic E-state index is -0.659. The Bertz CT molecular complexity index is 1410. The fourth-order valence-electron chi connectivity index (χ4n) is 3.90. The number of aromatic nitrogens is 1. The van der Waals surface area contributed by atoms with E-state index in [2.05, 4.69) is 20.9 Å². The molecule has 3 heterocycles. The van der Waals surface area contributed by atoms with Gasteiger partial charge in [-0.1, -0.05) is 35.0 Å². The second-order valence-electron chi connectivity index (χ2n) is 7.58. The van der Waals surface area contributed by atoms with Crippen molar-refractivity contribution in [1.82, 2.24) is 4.98 Å². The van der Waals surface area contributed by atoms with Crippen molar-refractivity contribution in [2.75, 3.05) is 11.5 Å². The second-order valence-corrected chi connectivity index (χ2v) is 9.34. The highest BCUT2D eigenvalue weighted by Crippen LogP contribution is 2.42. The molecule has 0 bridgehead atoms. The van der Waals surface area contributed by atoms with Crippen molar-refractivity contribution in [1.29, 1.82) is 0 Å². The standard InChI is InChI=1S/C24H19BrN2O4S/c1-3-9-30-16-6-4-5-14(10-16)20-19-21(28)17-11-15(25)7-8-18(17)31-22(19)23(29)27(20)24-26-13(2)12-32-24/h4-8,10-12,20H,3,9H2,1-2H3/t20-/m0/s1. The lowest BCUT2D eigenvalue weighted by molar-refractivity contribution is 0.0971. The Morgan fingerprint density at radius 3 is 2.81 bits per heavy atom. The molecule has 0 fully saturated rings. The third kappa shape index (κ3) is 3.43. The van der Waals surface area contributed by atoms with Gasteiger partial charge < -0.3 is 9.15 Å². The van der Waals surface area contributed by atoms with Crippen LogP contribution in [0.2, 0.25) is 0 Å². The van der Waals surface area contributed by atoms with Crippen LogP contribution in [0, 0.1) is 6.92 Å². The maximum atomic E-state index is 13.6. The molecular weight excluding hydrogens is 492 g/mol. The van der Waals surface area contributed by atoms with E-state index >= 15 is 0 Å². The quantitative estimate of drug-likeness (QED) is 0.336. The fraction of sp³-hybridized carbons (Fsp3) is 0.208. The number of rotatable bonds is 5. The fourth-order valence-corrected chi connectivity index (χ4v) is 5.09. The molecule has 6 nitrogen and oxygen atoms in total. The van der Waals surface area contributed by atoms with Crippen LogP contribution in [0.4, 0.5) is 5.13 Å². The van der Waals surface area contributed by atoms with Gasteiger partial charge in [-0.15, -0.1) is 11.3 Å². The number of amides is 1. The summed E-state index contributed by atoms with van der Waals surface area (Å²) in [5.41, 5.74) is 2.04. The number of anilines is 1. The van der Waals surface area contributed by atoms with Crippen LogP contribution in [0.5, 0.6) is 5.75 Å². The molecule has 2 aromatic heterocycles. The molecule has 2 aromatic carbocycles. The third-order valence-electron chi connectivity index (χ3n) is 5.29. The van der Waals surface area contributed by atoms with Crippen molar-refractivity contribution in [3.63, 3.8) is 0 Å². The molecule has 0 aliphatic carbocycles. The maximum absolute atomic E-state index is 13.6. The Hall–Kier alpha value is -2.97. The summed E-state index contributed by atoms with van der Waals surface area (Å²) in [6.45, 7) is 4.49. The summed E-state index contributed by atoms with van der Waals surface area (Å²) in [4.78, 5) is 33.2. The molecule has 1 amide bonds. The van der Waals surface area contributed by atoms with Crippen molar-refractivity contribution < 1.29 is 13.9 Å². The molecular formula is C24H19BrN2O4S. The molecule has 0 spiro atoms. The molecule has 0 saturated carbocycles. The Kier molecular flexibility index (Phi) is 5.35. The van der Waals surface area contributed by atoms with E-state index < -0.39 is 6.04 Å². The van der Waals surface area contributed by atoms with E-state index in [1.165, 1.54) is 11.3 Å². The number of benzene rings is 2. The lowest BCUT2D eigenvalue weighted by atomic mass is 9.98. The Morgan fingerprint density at radius 2 is 2.06 bits per heavy atom. The SMILES string of the molecule is CCCOc1cccc([C@H]2c3c(oc4ccc(Br)cc4c3=O)C(=O)N2c2nc(C)cs2)c1. The van der Waals surface area contributed by atoms with Gasteiger partial charge in [0.2, 0.25) is 5.76 Å². The Labute approximate surface area is 196 Å². The predicted molar refractivity (Wildman–Crippen MR) is 128 cm³/mol. The first-order valence-corrected chi connectivity index (χ1v) is 11.9. The van der Waals surface area contributed by atoms with E-state index in [9.17, 15) is 9.59 Å². The number of halogens is 1. The zero-order valence-electron chi connectivity index (χ0n) is 17.4. The molecule has 32 heavy (non-hydrogen) atoms. The van der Waals surface area contributed by atoms with E-state index in [4.69, 9.17) is 9.15 Å². The summed E-state index contributed by atoms with van der Waals surface area (Å²) in [5, 5.41) is 2.83. The van der Waals surface area contributed by atoms with Gasteiger partial charge in [0.05, 0.1) is 29.3 Å². The predicted octanol–water partition coefficient (Wildman–Crippen LogP) is 5.86. The minimum Gasteiger partial charge on any atom is -0.494 e. The van der Waals surface area contributed by atoms with Gasteiger partial charge in [0.25, 0.3) is 5.91 Å². The van der Waals surface area contributed by atoms with Gasteiger partial charge in [-0.25, -0.2) is 4.98 Å². The zero-order valence-corrected chi connectivity index (χ0v) is 19.8. The molecule has 5 rings (SSSR count). The van der Waals surface area contributed by atoms with Gasteiger partial charge in [-0.05, 0) is 49.2 Å². The minimum absolute atomic E-state index is 0.0579. The van der Waals surface area contributed by atoms with Crippen molar-refractivity contribution in [3.05, 3.63) is 85.1 Å². The van der Waals surface area contributed by atoms with Gasteiger partial charge in [0, 0.05) is 9.85 Å². The molecule has 162 valence electrons. The molecule has 8 heteroatoms. The average molecular weight is 511 g/mol. The highest BCUT2D eigenvalue weighted by atomic mass is 79.9. The topological polar surface area (TPSA) is 72.6 Å². The number of carbonyl (C=O) groups excluding carboxylic acids is 1. The number of nitrogens with zero attached hydrogens (tertiary/aromatic N) is 2. The summed E-state index contributed by atoms with van der Waals surface area (Å²) in [6, 6.07) is 12.0. The molecule has 1 aliphatic rings. The van der Waals surface area contributed by atoms with Crippen molar-refractivity contribution in [2.24, 2.45) is 0 Å². The van der Waals surface area contributed by atoms with Gasteiger partial charge in [0.15, 0.2) is 10.6 Å². The average Bonchev–Trinajstić information content (AvgIpc) is 3.34. The number of aryl methyl sites for hydroxylation is 1. The van der Waals surface area contributed by atoms with E-state index in [0.717, 1.165) is 22.2 Å². The molecule has 0 saturated heterocycles. The normalized spacial score (nSPS) is 15.4. The highest BCUT2D eigenvalue weighted by molar-refractivity contribution is 9.10. The number of thiazole rings is 1. The van der Waals surface area contributed by atoms with Gasteiger partial charge in [-0.2, -0.15) is 0 Å². The van der Waals surface area contributed by atoms with Crippen LogP contribution in [-0.4, -0.2) is 17.5 Å². The van der Waals surface area contributed by atoms with E-state index in [1.54, 1.807) is 23.1 Å². The number of carbonyl (C=O) groups is 1. The lowest BCUT2D eigenvalue weighted by Crippen LogP contribution is -2.29. The number of ether oxygens (including phenoxy) is 1. The first-order chi connectivity index (χ1) is 15.5. The second kappa shape index (κ2) is 8.18. The third-order valence-corrected chi connectivity index (χ3v) is 6.74. The number of hydrogen-bond donors (Lipinski definition) is 0. The largest absolute Gasteiger partial charge is 0.494 e. The molecule has 0 N–H and O–H groups in total. The zero-order chi connectivity index (χ0) is 22.4. The van der Waals surface area contributed by atoms with Gasteiger partial charge in [-0.3, -0.25) is 14.5 Å². The first kappa shape index (κ1) is 20.9. The summed E-state index contributed by atoms with van der Waals surface area (Å²) in [6.07, 6.45) is 0.879. The van der Waals surface area contributed by atoms with Crippen LogP contribution in [0.25, 0.3) is 11.0 Å². The summed E-state index contributed by atoms with van der Waals surface area (Å²) in [5.74, 6) is 0.372. The Morgan fingerprint density at radius 1 is 1.22 bits per heavy atom. The van der Waals surface area contributed by atoms with Crippen LogP contribution >= 0.6 is 27.3 Å². The monoisotopic (exact) mass is 510 g/mol. The number of hydrogen-bond acceptors (Lipinski definition) is 6. The van der Waals surface area contributed by atoms with Gasteiger partial charge in [0.1, 0.15) is 11.3 Å². The van der Waals surface area contributed by atoms with Crippen LogP contribution in [-0.2, 0) is 0 Å². The summed E-state index contributed by atoms with van der Waals surface area (Å²) < 4.78 is 12.6. The Balaban J connectivity index is 1.76. The molecule has 1 atom stereocenters. The first-order valence-electron chi connectivity index (χ1n) is 10.2. The van der Waals surface area contributed by atoms with Crippen LogP contribution in [0.15, 0.2) is 61.5 Å². The number of fused-ring (bicyclic) bond motifs is 2. The molecule has 1 aliphatic heterocycles. The smallest absolute Gasteiger partial charge is 0.297 e. The van der Waals surface area contributed by atoms with Crippen molar-refractivity contribution in [3.8, 4) is 5.75 Å². The molecule has 0 unspecified atom stereocenters. The van der Waals surface area contributed by atoms with Crippen LogP contribution in [0.3, 0.4) is 0 Å². The summed E-state index contributed by atoms with van der Waals surface area (Å²) in [7, 11) is 0. The van der Waals surface area contributed by atoms with E-state index in [0.29, 0.717) is 34.0 Å². The lowest BCUT2D eigenvalue weighted by Gasteiger charge is -2.23. The van der Waals surface area contributed by atoms with Crippen LogP contribution < -0.4 is 15.1 Å². The van der Waals surface area contributed by atoms with Gasteiger partial charge >= 0.3 is 0 Å². The maximum Gasteiger partial charge on any atom is 0.297 e. The van der Waals surface area contributed by atoms with E-state index in [1.807, 2.05) is 43.5 Å². The highest BCUT2D eigenvalue weighted by Gasteiger charge is 2.45.